The van der Waals surface area contributed by atoms with E-state index in [0.29, 0.717) is 11.8 Å². The monoisotopic (exact) mass is 202 g/mol. The second kappa shape index (κ2) is 3.69. The molecule has 0 radical (unpaired) electrons. The summed E-state index contributed by atoms with van der Waals surface area (Å²) in [4.78, 5) is 8.00. The number of H-pyrrole nitrogens is 1. The molecule has 0 aliphatic carbocycles. The molecule has 0 saturated carbocycles. The van der Waals surface area contributed by atoms with Gasteiger partial charge in [-0.1, -0.05) is 27.7 Å². The number of aromatic nitrogens is 2. The molecule has 2 rings (SSSR count). The van der Waals surface area contributed by atoms with Gasteiger partial charge in [-0.25, -0.2) is 4.98 Å². The van der Waals surface area contributed by atoms with E-state index in [2.05, 4.69) is 55.9 Å². The average molecular weight is 202 g/mol. The molecule has 1 N–H and O–H groups in total. The van der Waals surface area contributed by atoms with Crippen LogP contribution in [0, 0.1) is 0 Å². The van der Waals surface area contributed by atoms with Crippen LogP contribution in [0.5, 0.6) is 0 Å². The number of hydrogen-bond acceptors (Lipinski definition) is 1. The first-order valence-electron chi connectivity index (χ1n) is 5.57. The molecule has 0 saturated heterocycles. The molecule has 80 valence electrons. The largest absolute Gasteiger partial charge is 0.343 e. The van der Waals surface area contributed by atoms with Crippen molar-refractivity contribution in [2.24, 2.45) is 0 Å². The third-order valence-corrected chi connectivity index (χ3v) is 2.74. The van der Waals surface area contributed by atoms with E-state index in [4.69, 9.17) is 0 Å². The number of nitrogens with zero attached hydrogens (tertiary/aromatic N) is 1. The van der Waals surface area contributed by atoms with Gasteiger partial charge >= 0.3 is 0 Å². The number of aromatic amines is 1. The van der Waals surface area contributed by atoms with Crippen LogP contribution in [0.15, 0.2) is 18.2 Å². The number of hydrogen-bond donors (Lipinski definition) is 1. The Morgan fingerprint density at radius 1 is 1.07 bits per heavy atom. The molecule has 2 heteroatoms. The van der Waals surface area contributed by atoms with Crippen molar-refractivity contribution in [2.75, 3.05) is 0 Å². The van der Waals surface area contributed by atoms with Crippen LogP contribution in [-0.4, -0.2) is 9.97 Å². The first kappa shape index (κ1) is 10.2. The van der Waals surface area contributed by atoms with Gasteiger partial charge in [-0.3, -0.25) is 0 Å². The highest BCUT2D eigenvalue weighted by Crippen LogP contribution is 2.21. The number of rotatable bonds is 2. The Morgan fingerprint density at radius 2 is 1.80 bits per heavy atom. The molecule has 0 spiro atoms. The number of fused-ring (bicyclic) bond motifs is 1. The summed E-state index contributed by atoms with van der Waals surface area (Å²) in [5.74, 6) is 1.02. The summed E-state index contributed by atoms with van der Waals surface area (Å²) in [7, 11) is 0. The van der Waals surface area contributed by atoms with E-state index in [1.807, 2.05) is 0 Å². The Morgan fingerprint density at radius 3 is 2.40 bits per heavy atom. The van der Waals surface area contributed by atoms with E-state index >= 15 is 0 Å². The molecule has 0 unspecified atom stereocenters. The maximum absolute atomic E-state index is 4.62. The topological polar surface area (TPSA) is 28.7 Å². The minimum absolute atomic E-state index is 0.486. The predicted molar refractivity (Wildman–Crippen MR) is 64.3 cm³/mol. The van der Waals surface area contributed by atoms with E-state index in [0.717, 1.165) is 11.3 Å². The van der Waals surface area contributed by atoms with Crippen LogP contribution in [0.4, 0.5) is 0 Å². The fourth-order valence-electron chi connectivity index (χ4n) is 1.67. The summed E-state index contributed by atoms with van der Waals surface area (Å²) in [6.45, 7) is 8.71. The van der Waals surface area contributed by atoms with Crippen molar-refractivity contribution in [2.45, 2.75) is 39.5 Å². The second-order valence-electron chi connectivity index (χ2n) is 4.71. The molecule has 2 heterocycles. The quantitative estimate of drug-likeness (QED) is 0.788. The zero-order valence-electron chi connectivity index (χ0n) is 9.83. The summed E-state index contributed by atoms with van der Waals surface area (Å²) in [6.07, 6.45) is 0. The number of nitrogens with one attached hydrogen (secondary N) is 1. The lowest BCUT2D eigenvalue weighted by Crippen LogP contribution is -1.92. The van der Waals surface area contributed by atoms with Crippen LogP contribution < -0.4 is 0 Å². The zero-order chi connectivity index (χ0) is 11.0. The molecule has 2 aromatic heterocycles. The molecule has 0 aliphatic heterocycles. The van der Waals surface area contributed by atoms with Crippen molar-refractivity contribution >= 4 is 11.0 Å². The Hall–Kier alpha value is -1.31. The lowest BCUT2D eigenvalue weighted by atomic mass is 10.1. The van der Waals surface area contributed by atoms with E-state index in [1.54, 1.807) is 0 Å². The van der Waals surface area contributed by atoms with Crippen LogP contribution >= 0.6 is 0 Å². The third kappa shape index (κ3) is 1.89. The van der Waals surface area contributed by atoms with Gasteiger partial charge < -0.3 is 4.98 Å². The first-order valence-corrected chi connectivity index (χ1v) is 5.57. The van der Waals surface area contributed by atoms with Gasteiger partial charge in [-0.2, -0.15) is 0 Å². The Bertz CT molecular complexity index is 460. The van der Waals surface area contributed by atoms with Crippen LogP contribution in [0.2, 0.25) is 0 Å². The molecule has 0 fully saturated rings. The fourth-order valence-corrected chi connectivity index (χ4v) is 1.67. The molecular formula is C13H18N2. The SMILES string of the molecule is CC(C)c1ccc2cc(C(C)C)[nH]c2n1. The smallest absolute Gasteiger partial charge is 0.137 e. The van der Waals surface area contributed by atoms with Crippen molar-refractivity contribution < 1.29 is 0 Å². The van der Waals surface area contributed by atoms with E-state index in [-0.39, 0.29) is 0 Å². The van der Waals surface area contributed by atoms with Gasteiger partial charge in [0, 0.05) is 16.8 Å². The van der Waals surface area contributed by atoms with Crippen molar-refractivity contribution in [3.63, 3.8) is 0 Å². The van der Waals surface area contributed by atoms with E-state index in [1.165, 1.54) is 11.1 Å². The minimum atomic E-state index is 0.486. The van der Waals surface area contributed by atoms with Gasteiger partial charge in [0.2, 0.25) is 0 Å². The molecular weight excluding hydrogens is 184 g/mol. The summed E-state index contributed by atoms with van der Waals surface area (Å²) in [5, 5.41) is 1.21. The standard InChI is InChI=1S/C13H18N2/c1-8(2)11-6-5-10-7-12(9(3)4)15-13(10)14-11/h5-9H,1-4H3,(H,14,15). The van der Waals surface area contributed by atoms with Crippen LogP contribution in [0.25, 0.3) is 11.0 Å². The molecule has 2 nitrogen and oxygen atoms in total. The minimum Gasteiger partial charge on any atom is -0.343 e. The normalized spacial score (nSPS) is 11.9. The lowest BCUT2D eigenvalue weighted by Gasteiger charge is -2.02. The average Bonchev–Trinajstić information content (AvgIpc) is 2.59. The molecule has 15 heavy (non-hydrogen) atoms. The summed E-state index contributed by atoms with van der Waals surface area (Å²) >= 11 is 0. The Labute approximate surface area is 90.7 Å². The molecule has 0 aromatic carbocycles. The van der Waals surface area contributed by atoms with Crippen LogP contribution in [-0.2, 0) is 0 Å². The van der Waals surface area contributed by atoms with Crippen molar-refractivity contribution in [1.82, 2.24) is 9.97 Å². The van der Waals surface area contributed by atoms with Crippen LogP contribution in [0.1, 0.15) is 50.9 Å². The molecule has 0 bridgehead atoms. The van der Waals surface area contributed by atoms with Gasteiger partial charge in [0.05, 0.1) is 0 Å². The van der Waals surface area contributed by atoms with Crippen molar-refractivity contribution in [3.05, 3.63) is 29.6 Å². The van der Waals surface area contributed by atoms with E-state index < -0.39 is 0 Å². The highest BCUT2D eigenvalue weighted by atomic mass is 14.9. The van der Waals surface area contributed by atoms with Gasteiger partial charge in [-0.15, -0.1) is 0 Å². The Kier molecular flexibility index (Phi) is 2.51. The first-order chi connectivity index (χ1) is 7.08. The molecule has 0 aliphatic rings. The maximum atomic E-state index is 4.62. The maximum Gasteiger partial charge on any atom is 0.137 e. The van der Waals surface area contributed by atoms with Gasteiger partial charge in [0.25, 0.3) is 0 Å². The van der Waals surface area contributed by atoms with Crippen molar-refractivity contribution in [1.29, 1.82) is 0 Å². The lowest BCUT2D eigenvalue weighted by molar-refractivity contribution is 0.820. The van der Waals surface area contributed by atoms with E-state index in [9.17, 15) is 0 Å². The Balaban J connectivity index is 2.52. The van der Waals surface area contributed by atoms with Gasteiger partial charge in [-0.05, 0) is 30.0 Å². The highest BCUT2D eigenvalue weighted by Gasteiger charge is 2.07. The summed E-state index contributed by atoms with van der Waals surface area (Å²) < 4.78 is 0. The highest BCUT2D eigenvalue weighted by molar-refractivity contribution is 5.76. The van der Waals surface area contributed by atoms with Gasteiger partial charge in [0.15, 0.2) is 0 Å². The molecule has 0 atom stereocenters. The fraction of sp³-hybridized carbons (Fsp3) is 0.462. The summed E-state index contributed by atoms with van der Waals surface area (Å²) in [6, 6.07) is 6.46. The van der Waals surface area contributed by atoms with Gasteiger partial charge in [0.1, 0.15) is 5.65 Å². The zero-order valence-corrected chi connectivity index (χ0v) is 9.83. The predicted octanol–water partition coefficient (Wildman–Crippen LogP) is 3.81. The molecule has 0 amide bonds. The molecule has 2 aromatic rings. The summed E-state index contributed by atoms with van der Waals surface area (Å²) in [5.41, 5.74) is 3.43. The van der Waals surface area contributed by atoms with Crippen molar-refractivity contribution in [3.8, 4) is 0 Å². The van der Waals surface area contributed by atoms with Crippen LogP contribution in [0.3, 0.4) is 0 Å². The third-order valence-electron chi connectivity index (χ3n) is 2.74. The number of pyridine rings is 1. The second-order valence-corrected chi connectivity index (χ2v) is 4.71.